The van der Waals surface area contributed by atoms with Crippen LogP contribution in [0.15, 0.2) is 0 Å². The summed E-state index contributed by atoms with van der Waals surface area (Å²) in [6.45, 7) is 0. The van der Waals surface area contributed by atoms with E-state index in [9.17, 15) is 4.57 Å². The van der Waals surface area contributed by atoms with Crippen LogP contribution < -0.4 is 13.6 Å². The molecular weight excluding hydrogens is 171 g/mol. The van der Waals surface area contributed by atoms with Gasteiger partial charge in [-0.3, -0.25) is 4.57 Å². The van der Waals surface area contributed by atoms with E-state index in [1.807, 2.05) is 0 Å². The highest BCUT2D eigenvalue weighted by Crippen LogP contribution is 2.63. The Kier molecular flexibility index (Phi) is 0.624. The van der Waals surface area contributed by atoms with Crippen molar-refractivity contribution in [1.29, 1.82) is 0 Å². The zero-order valence-corrected chi connectivity index (χ0v) is 6.37. The number of hydrogen-bond donors (Lipinski definition) is 0. The molecule has 1 aromatic heterocycles. The predicted molar refractivity (Wildman–Crippen MR) is 32.7 cm³/mol. The Morgan fingerprint density at radius 1 is 1.45 bits per heavy atom. The lowest BCUT2D eigenvalue weighted by molar-refractivity contribution is 0.277. The van der Waals surface area contributed by atoms with Gasteiger partial charge in [0.2, 0.25) is 0 Å². The molecule has 0 aliphatic carbocycles. The normalized spacial score (nSPS) is 29.5. The molecule has 58 valence electrons. The molecule has 6 nitrogen and oxygen atoms in total. The van der Waals surface area contributed by atoms with Crippen molar-refractivity contribution in [3.05, 3.63) is 0 Å². The van der Waals surface area contributed by atoms with Crippen LogP contribution in [-0.2, 0) is 11.6 Å². The molecule has 4 heterocycles. The fourth-order valence-electron chi connectivity index (χ4n) is 1.05. The average Bonchev–Trinajstić information content (AvgIpc) is 2.27. The first-order valence-electron chi connectivity index (χ1n) is 2.93. The van der Waals surface area contributed by atoms with Crippen molar-refractivity contribution < 1.29 is 18.1 Å². The van der Waals surface area contributed by atoms with Crippen LogP contribution in [0, 0.1) is 0 Å². The molecule has 1 aromatic rings. The van der Waals surface area contributed by atoms with Gasteiger partial charge in [-0.1, -0.05) is 0 Å². The fraction of sp³-hybridized carbons (Fsp3) is 0.250. The Balaban J connectivity index is 2.42. The predicted octanol–water partition coefficient (Wildman–Crippen LogP) is 0.692. The first-order valence-corrected chi connectivity index (χ1v) is 4.39. The van der Waals surface area contributed by atoms with E-state index in [1.165, 1.54) is 0 Å². The van der Waals surface area contributed by atoms with Crippen molar-refractivity contribution in [1.82, 2.24) is 9.55 Å². The van der Waals surface area contributed by atoms with Gasteiger partial charge < -0.3 is 13.6 Å². The molecule has 4 bridgehead atoms. The molecular formula is C4H3N2O4P. The third-order valence-corrected chi connectivity index (χ3v) is 2.74. The Morgan fingerprint density at radius 3 is 2.91 bits per heavy atom. The first-order chi connectivity index (χ1) is 5.18. The number of phosphoric ester groups is 1. The minimum absolute atomic E-state index is 0.261. The van der Waals surface area contributed by atoms with E-state index in [-0.39, 0.29) is 11.9 Å². The second-order valence-electron chi connectivity index (χ2n) is 2.28. The van der Waals surface area contributed by atoms with Crippen molar-refractivity contribution in [2.75, 3.05) is 0 Å². The summed E-state index contributed by atoms with van der Waals surface area (Å²) in [6.07, 6.45) is 0. The van der Waals surface area contributed by atoms with Gasteiger partial charge in [-0.15, -0.1) is 0 Å². The molecule has 3 aliphatic heterocycles. The van der Waals surface area contributed by atoms with Gasteiger partial charge in [0, 0.05) is 7.05 Å². The van der Waals surface area contributed by atoms with Gasteiger partial charge in [-0.2, -0.15) is 9.55 Å². The maximum atomic E-state index is 11.2. The summed E-state index contributed by atoms with van der Waals surface area (Å²) in [7, 11) is -1.62. The summed E-state index contributed by atoms with van der Waals surface area (Å²) in [5.74, 6) is 0.645. The SMILES string of the molecule is Cn1c2nc3c1OP(=O)(O3)O2. The van der Waals surface area contributed by atoms with Crippen LogP contribution >= 0.6 is 7.82 Å². The zero-order valence-electron chi connectivity index (χ0n) is 5.47. The van der Waals surface area contributed by atoms with Crippen LogP contribution in [0.4, 0.5) is 0 Å². The number of nitrogens with zero attached hydrogens (tertiary/aromatic N) is 2. The number of phosphoric acid groups is 1. The van der Waals surface area contributed by atoms with Gasteiger partial charge in [0.25, 0.3) is 11.8 Å². The molecule has 0 saturated carbocycles. The molecule has 0 fully saturated rings. The number of aromatic nitrogens is 2. The molecule has 0 saturated heterocycles. The molecule has 0 N–H and O–H groups in total. The maximum absolute atomic E-state index is 11.2. The maximum Gasteiger partial charge on any atom is 0.652 e. The molecule has 4 rings (SSSR count). The van der Waals surface area contributed by atoms with Crippen LogP contribution in [0.5, 0.6) is 17.8 Å². The number of hydrogen-bond acceptors (Lipinski definition) is 5. The average molecular weight is 174 g/mol. The summed E-state index contributed by atoms with van der Waals surface area (Å²) in [6, 6.07) is 0.288. The number of rotatable bonds is 0. The Labute approximate surface area is 61.3 Å². The van der Waals surface area contributed by atoms with Gasteiger partial charge in [0.15, 0.2) is 0 Å². The van der Waals surface area contributed by atoms with Crippen LogP contribution in [0.25, 0.3) is 0 Å². The molecule has 0 spiro atoms. The van der Waals surface area contributed by atoms with Gasteiger partial charge in [-0.05, 0) is 0 Å². The molecule has 0 radical (unpaired) electrons. The molecule has 0 amide bonds. The van der Waals surface area contributed by atoms with E-state index >= 15 is 0 Å². The van der Waals surface area contributed by atoms with Crippen molar-refractivity contribution in [2.45, 2.75) is 0 Å². The Bertz CT molecular complexity index is 390. The monoisotopic (exact) mass is 174 g/mol. The van der Waals surface area contributed by atoms with Crippen LogP contribution in [0.1, 0.15) is 0 Å². The molecule has 0 aromatic carbocycles. The smallest absolute Gasteiger partial charge is 0.363 e. The molecule has 1 unspecified atom stereocenters. The summed E-state index contributed by atoms with van der Waals surface area (Å²) in [4.78, 5) is 3.82. The summed E-state index contributed by atoms with van der Waals surface area (Å²) >= 11 is 0. The summed E-state index contributed by atoms with van der Waals surface area (Å²) in [5, 5.41) is 0. The molecule has 7 heteroatoms. The highest BCUT2D eigenvalue weighted by Gasteiger charge is 2.51. The number of imidazole rings is 1. The van der Waals surface area contributed by atoms with Crippen molar-refractivity contribution in [2.24, 2.45) is 7.05 Å². The lowest BCUT2D eigenvalue weighted by atomic mass is 10.8. The summed E-state index contributed by atoms with van der Waals surface area (Å²) in [5.41, 5.74) is 0. The third-order valence-electron chi connectivity index (χ3n) is 1.56. The van der Waals surface area contributed by atoms with Gasteiger partial charge in [0.05, 0.1) is 0 Å². The van der Waals surface area contributed by atoms with E-state index in [4.69, 9.17) is 13.6 Å². The van der Waals surface area contributed by atoms with Crippen molar-refractivity contribution in [3.63, 3.8) is 0 Å². The fourth-order valence-corrected chi connectivity index (χ4v) is 2.27. The largest absolute Gasteiger partial charge is 0.652 e. The van der Waals surface area contributed by atoms with Crippen LogP contribution in [0.2, 0.25) is 0 Å². The van der Waals surface area contributed by atoms with Gasteiger partial charge in [-0.25, -0.2) is 0 Å². The second kappa shape index (κ2) is 1.25. The Hall–Kier alpha value is -1.16. The molecule has 3 aliphatic rings. The Morgan fingerprint density at radius 2 is 2.27 bits per heavy atom. The highest BCUT2D eigenvalue weighted by atomic mass is 31.2. The quantitative estimate of drug-likeness (QED) is 0.541. The van der Waals surface area contributed by atoms with E-state index in [0.717, 1.165) is 0 Å². The highest BCUT2D eigenvalue weighted by molar-refractivity contribution is 7.50. The van der Waals surface area contributed by atoms with E-state index in [0.29, 0.717) is 5.88 Å². The van der Waals surface area contributed by atoms with E-state index in [2.05, 4.69) is 4.98 Å². The van der Waals surface area contributed by atoms with Crippen LogP contribution in [0.3, 0.4) is 0 Å². The topological polar surface area (TPSA) is 62.6 Å². The van der Waals surface area contributed by atoms with Gasteiger partial charge in [0.1, 0.15) is 0 Å². The molecule has 11 heavy (non-hydrogen) atoms. The second-order valence-corrected chi connectivity index (χ2v) is 3.73. The van der Waals surface area contributed by atoms with Crippen molar-refractivity contribution >= 4 is 7.82 Å². The van der Waals surface area contributed by atoms with Crippen molar-refractivity contribution in [3.8, 4) is 17.8 Å². The minimum atomic E-state index is -3.31. The lowest BCUT2D eigenvalue weighted by Crippen LogP contribution is -2.11. The first kappa shape index (κ1) is 5.49. The minimum Gasteiger partial charge on any atom is -0.363 e. The lowest BCUT2D eigenvalue weighted by Gasteiger charge is -2.15. The van der Waals surface area contributed by atoms with E-state index in [1.54, 1.807) is 11.6 Å². The van der Waals surface area contributed by atoms with Gasteiger partial charge >= 0.3 is 13.8 Å². The molecule has 1 atom stereocenters. The zero-order chi connectivity index (χ0) is 7.64. The third kappa shape index (κ3) is 0.464. The van der Waals surface area contributed by atoms with Crippen LogP contribution in [-0.4, -0.2) is 9.55 Å². The van der Waals surface area contributed by atoms with E-state index < -0.39 is 7.82 Å². The standard InChI is InChI=1S/C4H3N2O4P/c1-6-3-2-5-4(6)10-11(7,8-2)9-3/h1H3. The summed E-state index contributed by atoms with van der Waals surface area (Å²) < 4.78 is 27.2.